The van der Waals surface area contributed by atoms with E-state index in [1.165, 1.54) is 231 Å². The fourth-order valence-corrected chi connectivity index (χ4v) is 7.56. The number of esters is 1. The maximum atomic E-state index is 12.0. The van der Waals surface area contributed by atoms with Gasteiger partial charge in [0.1, 0.15) is 0 Å². The van der Waals surface area contributed by atoms with Crippen molar-refractivity contribution in [3.63, 3.8) is 0 Å². The third kappa shape index (κ3) is 47.0. The summed E-state index contributed by atoms with van der Waals surface area (Å²) in [5.74, 6) is 0.953. The molecule has 0 aliphatic rings. The van der Waals surface area contributed by atoms with Gasteiger partial charge >= 0.3 is 5.97 Å². The van der Waals surface area contributed by atoms with Gasteiger partial charge in [-0.15, -0.1) is 0 Å². The Morgan fingerprint density at radius 3 is 1.15 bits per heavy atom. The summed E-state index contributed by atoms with van der Waals surface area (Å²) in [6.45, 7) is 7.61. The van der Waals surface area contributed by atoms with Crippen molar-refractivity contribution in [1.29, 1.82) is 0 Å². The number of carbonyl (C=O) groups is 1. The summed E-state index contributed by atoms with van der Waals surface area (Å²) < 4.78 is 5.47. The molecule has 0 aromatic carbocycles. The quantitative estimate of drug-likeness (QED) is 0.0353. The van der Waals surface area contributed by atoms with E-state index < -0.39 is 0 Å². The first-order valence-corrected chi connectivity index (χ1v) is 24.7. The predicted octanol–water partition coefficient (Wildman–Crippen LogP) is 18.3. The van der Waals surface area contributed by atoms with Gasteiger partial charge in [-0.1, -0.05) is 257 Å². The Hall–Kier alpha value is -1.05. The third-order valence-corrected chi connectivity index (χ3v) is 11.6. The molecule has 0 amide bonds. The van der Waals surface area contributed by atoms with Crippen LogP contribution in [0.15, 0.2) is 24.3 Å². The smallest absolute Gasteiger partial charge is 0.305 e. The van der Waals surface area contributed by atoms with Crippen LogP contribution in [0.1, 0.15) is 284 Å². The first-order valence-electron chi connectivity index (χ1n) is 24.7. The van der Waals surface area contributed by atoms with E-state index in [4.69, 9.17) is 4.74 Å². The minimum absolute atomic E-state index is 0.0148. The highest BCUT2D eigenvalue weighted by molar-refractivity contribution is 5.69. The van der Waals surface area contributed by atoms with Crippen molar-refractivity contribution in [2.45, 2.75) is 284 Å². The average Bonchev–Trinajstić information content (AvgIpc) is 3.16. The van der Waals surface area contributed by atoms with Crippen molar-refractivity contribution in [3.8, 4) is 0 Å². The van der Waals surface area contributed by atoms with Crippen molar-refractivity contribution >= 4 is 5.97 Å². The molecule has 0 aromatic heterocycles. The Labute approximate surface area is 335 Å². The van der Waals surface area contributed by atoms with Crippen LogP contribution in [0.2, 0.25) is 0 Å². The zero-order valence-electron chi connectivity index (χ0n) is 36.9. The molecule has 0 saturated carbocycles. The summed E-state index contributed by atoms with van der Waals surface area (Å²) in [4.78, 5) is 12.0. The number of hydrogen-bond donors (Lipinski definition) is 0. The number of hydrogen-bond acceptors (Lipinski definition) is 2. The minimum atomic E-state index is 0.0148. The lowest BCUT2D eigenvalue weighted by molar-refractivity contribution is -0.143. The summed E-state index contributed by atoms with van der Waals surface area (Å²) in [6, 6.07) is 0. The molecular weight excluding hydrogens is 645 g/mol. The van der Waals surface area contributed by atoms with E-state index in [0.29, 0.717) is 13.0 Å². The average molecular weight is 743 g/mol. The Morgan fingerprint density at radius 2 is 0.755 bits per heavy atom. The summed E-state index contributed by atoms with van der Waals surface area (Å²) in [6.07, 6.45) is 64.5. The van der Waals surface area contributed by atoms with E-state index in [0.717, 1.165) is 31.6 Å². The maximum Gasteiger partial charge on any atom is 0.305 e. The number of rotatable bonds is 45. The molecule has 0 spiro atoms. The van der Waals surface area contributed by atoms with Gasteiger partial charge in [-0.05, 0) is 50.9 Å². The maximum absolute atomic E-state index is 12.0. The standard InChI is InChI=1S/C51H98O2/c1-4-6-7-8-9-10-11-12-26-30-33-36-39-42-45-48-51(52)53-49-46-43-40-37-34-31-28-25-23-21-19-17-15-13-14-16-18-20-22-24-27-29-32-35-38-41-44-47-50(3)5-2/h9-10,12,26,50H,4-8,11,13-25,27-49H2,1-3H3/b10-9-,26-12-. The number of allylic oxidation sites excluding steroid dienone is 4. The SMILES string of the molecule is CCCCC/C=C\C/C=C\CCCCCCCC(=O)OCCCCCCCCCCCCCCCCCCCCCCCCCCCCCC(C)CC. The first-order chi connectivity index (χ1) is 26.2. The van der Waals surface area contributed by atoms with Gasteiger partial charge in [-0.25, -0.2) is 0 Å². The van der Waals surface area contributed by atoms with E-state index in [2.05, 4.69) is 45.1 Å². The highest BCUT2D eigenvalue weighted by Crippen LogP contribution is 2.18. The van der Waals surface area contributed by atoms with Crippen LogP contribution < -0.4 is 0 Å². The van der Waals surface area contributed by atoms with Gasteiger partial charge in [-0.2, -0.15) is 0 Å². The van der Waals surface area contributed by atoms with Crippen LogP contribution in [-0.2, 0) is 9.53 Å². The van der Waals surface area contributed by atoms with Gasteiger partial charge in [0, 0.05) is 6.42 Å². The largest absolute Gasteiger partial charge is 0.466 e. The molecule has 2 heteroatoms. The molecule has 0 radical (unpaired) electrons. The Kier molecular flexibility index (Phi) is 46.2. The van der Waals surface area contributed by atoms with Crippen molar-refractivity contribution in [2.24, 2.45) is 5.92 Å². The summed E-state index contributed by atoms with van der Waals surface area (Å²) in [5, 5.41) is 0. The molecule has 1 atom stereocenters. The van der Waals surface area contributed by atoms with Gasteiger partial charge in [0.15, 0.2) is 0 Å². The molecule has 1 unspecified atom stereocenters. The molecule has 0 aliphatic heterocycles. The highest BCUT2D eigenvalue weighted by atomic mass is 16.5. The summed E-state index contributed by atoms with van der Waals surface area (Å²) in [5.41, 5.74) is 0. The molecule has 0 N–H and O–H groups in total. The lowest BCUT2D eigenvalue weighted by Gasteiger charge is -2.07. The van der Waals surface area contributed by atoms with Gasteiger partial charge in [0.05, 0.1) is 6.61 Å². The zero-order chi connectivity index (χ0) is 38.4. The lowest BCUT2D eigenvalue weighted by Crippen LogP contribution is -2.05. The monoisotopic (exact) mass is 743 g/mol. The predicted molar refractivity (Wildman–Crippen MR) is 239 cm³/mol. The number of unbranched alkanes of at least 4 members (excludes halogenated alkanes) is 34. The fourth-order valence-electron chi connectivity index (χ4n) is 7.56. The summed E-state index contributed by atoms with van der Waals surface area (Å²) in [7, 11) is 0. The Bertz CT molecular complexity index is 739. The van der Waals surface area contributed by atoms with Gasteiger partial charge in [0.25, 0.3) is 0 Å². The van der Waals surface area contributed by atoms with E-state index in [1.807, 2.05) is 0 Å². The molecule has 0 saturated heterocycles. The minimum Gasteiger partial charge on any atom is -0.466 e. The second-order valence-corrected chi connectivity index (χ2v) is 17.0. The normalized spacial score (nSPS) is 12.4. The molecule has 0 fully saturated rings. The van der Waals surface area contributed by atoms with E-state index in [1.54, 1.807) is 0 Å². The number of carbonyl (C=O) groups excluding carboxylic acids is 1. The van der Waals surface area contributed by atoms with Crippen LogP contribution in [0, 0.1) is 5.92 Å². The molecule has 0 heterocycles. The van der Waals surface area contributed by atoms with Crippen molar-refractivity contribution < 1.29 is 9.53 Å². The van der Waals surface area contributed by atoms with Crippen LogP contribution in [0.25, 0.3) is 0 Å². The molecule has 0 bridgehead atoms. The second-order valence-electron chi connectivity index (χ2n) is 17.0. The second kappa shape index (κ2) is 47.1. The van der Waals surface area contributed by atoms with Crippen LogP contribution in [-0.4, -0.2) is 12.6 Å². The molecule has 53 heavy (non-hydrogen) atoms. The van der Waals surface area contributed by atoms with E-state index >= 15 is 0 Å². The van der Waals surface area contributed by atoms with Crippen molar-refractivity contribution in [3.05, 3.63) is 24.3 Å². The van der Waals surface area contributed by atoms with Gasteiger partial charge in [-0.3, -0.25) is 4.79 Å². The van der Waals surface area contributed by atoms with Crippen LogP contribution in [0.3, 0.4) is 0 Å². The fraction of sp³-hybridized carbons (Fsp3) is 0.902. The molecule has 0 aromatic rings. The Morgan fingerprint density at radius 1 is 0.415 bits per heavy atom. The summed E-state index contributed by atoms with van der Waals surface area (Å²) >= 11 is 0. The van der Waals surface area contributed by atoms with Crippen LogP contribution >= 0.6 is 0 Å². The van der Waals surface area contributed by atoms with E-state index in [-0.39, 0.29) is 5.97 Å². The topological polar surface area (TPSA) is 26.3 Å². The molecule has 2 nitrogen and oxygen atoms in total. The van der Waals surface area contributed by atoms with Gasteiger partial charge < -0.3 is 4.74 Å². The van der Waals surface area contributed by atoms with E-state index in [9.17, 15) is 4.79 Å². The zero-order valence-corrected chi connectivity index (χ0v) is 36.9. The Balaban J connectivity index is 3.17. The first kappa shape index (κ1) is 52.0. The van der Waals surface area contributed by atoms with Crippen LogP contribution in [0.4, 0.5) is 0 Å². The molecule has 0 aliphatic carbocycles. The van der Waals surface area contributed by atoms with Crippen molar-refractivity contribution in [2.75, 3.05) is 6.61 Å². The highest BCUT2D eigenvalue weighted by Gasteiger charge is 2.03. The number of ether oxygens (including phenoxy) is 1. The molecule has 314 valence electrons. The third-order valence-electron chi connectivity index (χ3n) is 11.6. The van der Waals surface area contributed by atoms with Gasteiger partial charge in [0.2, 0.25) is 0 Å². The molecular formula is C51H98O2. The lowest BCUT2D eigenvalue weighted by atomic mass is 9.99. The van der Waals surface area contributed by atoms with Crippen LogP contribution in [0.5, 0.6) is 0 Å². The van der Waals surface area contributed by atoms with Crippen molar-refractivity contribution in [1.82, 2.24) is 0 Å². The molecule has 0 rings (SSSR count).